The molecule has 42 heavy (non-hydrogen) atoms. The van der Waals surface area contributed by atoms with Gasteiger partial charge in [0.25, 0.3) is 11.4 Å². The molecule has 0 fully saturated rings. The van der Waals surface area contributed by atoms with E-state index in [0.717, 1.165) is 36.4 Å². The Morgan fingerprint density at radius 1 is 0.881 bits per heavy atom. The first-order valence-electron chi connectivity index (χ1n) is 11.9. The van der Waals surface area contributed by atoms with Crippen molar-refractivity contribution in [1.29, 1.82) is 0 Å². The summed E-state index contributed by atoms with van der Waals surface area (Å²) < 4.78 is 66.1. The number of nitrogens with zero attached hydrogens (tertiary/aromatic N) is 2. The highest BCUT2D eigenvalue weighted by Gasteiger charge is 2.26. The third-order valence-corrected chi connectivity index (χ3v) is 5.30. The average molecular weight is 592 g/mol. The van der Waals surface area contributed by atoms with Crippen LogP contribution in [0, 0.1) is 26.0 Å². The zero-order valence-corrected chi connectivity index (χ0v) is 21.3. The van der Waals surface area contributed by atoms with Crippen molar-refractivity contribution in [2.24, 2.45) is 0 Å². The zero-order chi connectivity index (χ0) is 30.9. The van der Waals surface area contributed by atoms with Crippen molar-refractivity contribution in [3.8, 4) is 11.5 Å². The molecule has 3 aromatic rings. The van der Waals surface area contributed by atoms with Crippen LogP contribution < -0.4 is 9.47 Å². The predicted molar refractivity (Wildman–Crippen MR) is 137 cm³/mol. The summed E-state index contributed by atoms with van der Waals surface area (Å²) in [5.74, 6) is -2.88. The first kappa shape index (κ1) is 31.2. The first-order valence-corrected chi connectivity index (χ1v) is 11.9. The molecule has 0 heterocycles. The lowest BCUT2D eigenvalue weighted by Crippen LogP contribution is -2.11. The van der Waals surface area contributed by atoms with Crippen LogP contribution in [0.2, 0.25) is 0 Å². The summed E-state index contributed by atoms with van der Waals surface area (Å²) in [4.78, 5) is 44.7. The Labute approximate surface area is 234 Å². The molecule has 0 saturated carbocycles. The number of rotatable bonds is 12. The van der Waals surface area contributed by atoms with Crippen LogP contribution in [0.5, 0.6) is 11.5 Å². The molecule has 0 aromatic heterocycles. The fraction of sp³-hybridized carbons (Fsp3) is 0.185. The molecule has 0 radical (unpaired) electrons. The third-order valence-electron chi connectivity index (χ3n) is 5.30. The molecule has 0 aliphatic carbocycles. The zero-order valence-electron chi connectivity index (χ0n) is 21.3. The summed E-state index contributed by atoms with van der Waals surface area (Å²) in [6.45, 7) is -0.744. The highest BCUT2D eigenvalue weighted by molar-refractivity contribution is 5.91. The smallest absolute Gasteiger partial charge is 0.389 e. The van der Waals surface area contributed by atoms with E-state index in [1.807, 2.05) is 0 Å². The quantitative estimate of drug-likeness (QED) is 0.0447. The minimum atomic E-state index is -4.32. The number of carbonyl (C=O) groups is 2. The van der Waals surface area contributed by atoms with Crippen LogP contribution >= 0.6 is 0 Å². The summed E-state index contributed by atoms with van der Waals surface area (Å²) in [6.07, 6.45) is -3.30. The SMILES string of the molecule is O=C(C=Cc1ccc(OC(=O)c2ccc(OCCCC(F)(F)F)cc2F)cc1)OCc1cc([N+](=O)[O-])cc([N+](=O)[O-])c1. The largest absolute Gasteiger partial charge is 0.493 e. The monoisotopic (exact) mass is 592 g/mol. The molecule has 3 aromatic carbocycles. The average Bonchev–Trinajstić information content (AvgIpc) is 2.93. The van der Waals surface area contributed by atoms with Crippen LogP contribution in [0.3, 0.4) is 0 Å². The van der Waals surface area contributed by atoms with Crippen molar-refractivity contribution in [2.75, 3.05) is 6.61 Å². The number of nitro groups is 2. The van der Waals surface area contributed by atoms with Gasteiger partial charge in [-0.15, -0.1) is 0 Å². The second-order valence-corrected chi connectivity index (χ2v) is 8.48. The van der Waals surface area contributed by atoms with E-state index < -0.39 is 63.7 Å². The van der Waals surface area contributed by atoms with E-state index in [-0.39, 0.29) is 30.1 Å². The van der Waals surface area contributed by atoms with Crippen LogP contribution in [0.15, 0.2) is 66.7 Å². The Kier molecular flexibility index (Phi) is 10.3. The van der Waals surface area contributed by atoms with E-state index in [4.69, 9.17) is 14.2 Å². The number of non-ortho nitro benzene ring substituents is 2. The highest BCUT2D eigenvalue weighted by atomic mass is 19.4. The van der Waals surface area contributed by atoms with Gasteiger partial charge in [0.1, 0.15) is 23.9 Å². The lowest BCUT2D eigenvalue weighted by Gasteiger charge is -2.10. The third kappa shape index (κ3) is 9.69. The van der Waals surface area contributed by atoms with Gasteiger partial charge in [-0.2, -0.15) is 13.2 Å². The number of hydrogen-bond acceptors (Lipinski definition) is 9. The van der Waals surface area contributed by atoms with Gasteiger partial charge in [-0.05, 0) is 42.3 Å². The molecule has 11 nitrogen and oxygen atoms in total. The Bertz CT molecular complexity index is 1470. The summed E-state index contributed by atoms with van der Waals surface area (Å²) in [7, 11) is 0. The van der Waals surface area contributed by atoms with Gasteiger partial charge < -0.3 is 14.2 Å². The minimum absolute atomic E-state index is 0.0406. The summed E-state index contributed by atoms with van der Waals surface area (Å²) in [6, 6.07) is 11.7. The van der Waals surface area contributed by atoms with E-state index in [1.54, 1.807) is 0 Å². The van der Waals surface area contributed by atoms with Crippen molar-refractivity contribution in [1.82, 2.24) is 0 Å². The minimum Gasteiger partial charge on any atom is -0.493 e. The number of benzene rings is 3. The first-order chi connectivity index (χ1) is 19.8. The highest BCUT2D eigenvalue weighted by Crippen LogP contribution is 2.24. The molecule has 0 unspecified atom stereocenters. The van der Waals surface area contributed by atoms with E-state index >= 15 is 0 Å². The molecule has 15 heteroatoms. The van der Waals surface area contributed by atoms with Crippen molar-refractivity contribution < 1.29 is 51.2 Å². The maximum atomic E-state index is 14.3. The number of hydrogen-bond donors (Lipinski definition) is 0. The summed E-state index contributed by atoms with van der Waals surface area (Å²) >= 11 is 0. The van der Waals surface area contributed by atoms with Gasteiger partial charge in [-0.25, -0.2) is 14.0 Å². The van der Waals surface area contributed by atoms with Gasteiger partial charge >= 0.3 is 18.1 Å². The second-order valence-electron chi connectivity index (χ2n) is 8.48. The maximum Gasteiger partial charge on any atom is 0.389 e. The van der Waals surface area contributed by atoms with Crippen LogP contribution in [-0.4, -0.2) is 34.6 Å². The van der Waals surface area contributed by atoms with Gasteiger partial charge in [0.15, 0.2) is 0 Å². The Balaban J connectivity index is 1.52. The molecule has 0 aliphatic rings. The molecule has 0 atom stereocenters. The van der Waals surface area contributed by atoms with E-state index in [2.05, 4.69) is 0 Å². The topological polar surface area (TPSA) is 148 Å². The van der Waals surface area contributed by atoms with Crippen molar-refractivity contribution >= 4 is 29.4 Å². The Morgan fingerprint density at radius 2 is 1.50 bits per heavy atom. The molecule has 0 N–H and O–H groups in total. The normalized spacial score (nSPS) is 11.2. The molecular formula is C27H20F4N2O9. The fourth-order valence-corrected chi connectivity index (χ4v) is 3.34. The number of carbonyl (C=O) groups excluding carboxylic acids is 2. The van der Waals surface area contributed by atoms with Crippen molar-refractivity contribution in [2.45, 2.75) is 25.6 Å². The van der Waals surface area contributed by atoms with E-state index in [9.17, 15) is 47.4 Å². The Hall–Kier alpha value is -5.34. The molecule has 0 bridgehead atoms. The standard InChI is InChI=1S/C27H20F4N2O9/c28-24-15-22(40-11-1-10-27(29,30)31)7-8-23(24)26(35)42-21-5-2-17(3-6-21)4-9-25(34)41-16-18-12-19(32(36)37)14-20(13-18)33(38)39/h2-9,12-15H,1,10-11,16H2. The van der Waals surface area contributed by atoms with E-state index in [1.165, 1.54) is 36.4 Å². The molecule has 0 spiro atoms. The molecule has 220 valence electrons. The van der Waals surface area contributed by atoms with Crippen molar-refractivity contribution in [3.63, 3.8) is 0 Å². The predicted octanol–water partition coefficient (Wildman–Crippen LogP) is 6.34. The Morgan fingerprint density at radius 3 is 2.07 bits per heavy atom. The van der Waals surface area contributed by atoms with Gasteiger partial charge in [0.2, 0.25) is 0 Å². The summed E-state index contributed by atoms with van der Waals surface area (Å²) in [5, 5.41) is 21.9. The van der Waals surface area contributed by atoms with Crippen LogP contribution in [-0.2, 0) is 16.1 Å². The van der Waals surface area contributed by atoms with Gasteiger partial charge in [0, 0.05) is 36.3 Å². The molecule has 3 rings (SSSR count). The number of ether oxygens (including phenoxy) is 3. The molecule has 0 saturated heterocycles. The number of esters is 2. The van der Waals surface area contributed by atoms with Crippen LogP contribution in [0.4, 0.5) is 28.9 Å². The van der Waals surface area contributed by atoms with Crippen molar-refractivity contribution in [3.05, 3.63) is 109 Å². The summed E-state index contributed by atoms with van der Waals surface area (Å²) in [5.41, 5.74) is -0.977. The number of halogens is 4. The molecule has 0 amide bonds. The van der Waals surface area contributed by atoms with Crippen LogP contribution in [0.25, 0.3) is 6.08 Å². The molecule has 0 aliphatic heterocycles. The molecular weight excluding hydrogens is 572 g/mol. The number of nitro benzene ring substituents is 2. The lowest BCUT2D eigenvalue weighted by atomic mass is 10.2. The van der Waals surface area contributed by atoms with E-state index in [0.29, 0.717) is 5.56 Å². The van der Waals surface area contributed by atoms with Gasteiger partial charge in [-0.1, -0.05) is 12.1 Å². The second kappa shape index (κ2) is 13.8. The fourth-order valence-electron chi connectivity index (χ4n) is 3.34. The number of alkyl halides is 3. The van der Waals surface area contributed by atoms with Gasteiger partial charge in [-0.3, -0.25) is 20.2 Å². The van der Waals surface area contributed by atoms with Gasteiger partial charge in [0.05, 0.1) is 28.1 Å². The maximum absolute atomic E-state index is 14.3. The van der Waals surface area contributed by atoms with Crippen LogP contribution in [0.1, 0.15) is 34.3 Å². The lowest BCUT2D eigenvalue weighted by molar-refractivity contribution is -0.394.